The number of urea groups is 1. The maximum Gasteiger partial charge on any atom is 0.387 e. The van der Waals surface area contributed by atoms with Crippen molar-refractivity contribution < 1.29 is 32.6 Å². The normalized spacial score (nSPS) is 18.8. The van der Waals surface area contributed by atoms with Crippen LogP contribution in [0.1, 0.15) is 18.1 Å². The van der Waals surface area contributed by atoms with Crippen LogP contribution in [0.4, 0.5) is 13.6 Å². The van der Waals surface area contributed by atoms with Crippen LogP contribution in [-0.4, -0.2) is 44.0 Å². The van der Waals surface area contributed by atoms with E-state index in [1.54, 1.807) is 31.2 Å². The standard InChI is InChI=1S/C20H19F2N3O5/c1-20(13-5-7-14(28-2)8-6-13)17(26)25(19(27)24-20)23-11-12-4-9-15(30-18(21)22)16(10-12)29-3/h4-11,18H,1-3H3,(H,24,27)/b23-11+. The number of nitrogens with one attached hydrogen (secondary N) is 1. The van der Waals surface area contributed by atoms with Crippen molar-refractivity contribution in [2.24, 2.45) is 5.10 Å². The molecule has 0 aliphatic carbocycles. The first-order chi connectivity index (χ1) is 14.3. The second-order valence-electron chi connectivity index (χ2n) is 6.43. The van der Waals surface area contributed by atoms with Gasteiger partial charge in [-0.05, 0) is 48.4 Å². The van der Waals surface area contributed by atoms with Crippen LogP contribution in [0.25, 0.3) is 0 Å². The van der Waals surface area contributed by atoms with Gasteiger partial charge in [-0.15, -0.1) is 5.01 Å². The molecule has 1 saturated heterocycles. The lowest BCUT2D eigenvalue weighted by Crippen LogP contribution is -2.40. The number of rotatable bonds is 7. The molecular weight excluding hydrogens is 400 g/mol. The van der Waals surface area contributed by atoms with Crippen LogP contribution >= 0.6 is 0 Å². The van der Waals surface area contributed by atoms with Crippen molar-refractivity contribution in [2.75, 3.05) is 14.2 Å². The van der Waals surface area contributed by atoms with Gasteiger partial charge in [0.15, 0.2) is 11.5 Å². The molecule has 10 heteroatoms. The molecule has 1 aliphatic heterocycles. The van der Waals surface area contributed by atoms with Gasteiger partial charge in [0.1, 0.15) is 11.3 Å². The molecule has 1 atom stereocenters. The maximum absolute atomic E-state index is 12.9. The lowest BCUT2D eigenvalue weighted by atomic mass is 9.92. The predicted octanol–water partition coefficient (Wildman–Crippen LogP) is 3.11. The number of hydrogen-bond acceptors (Lipinski definition) is 6. The van der Waals surface area contributed by atoms with Crippen molar-refractivity contribution in [3.8, 4) is 17.2 Å². The van der Waals surface area contributed by atoms with E-state index >= 15 is 0 Å². The summed E-state index contributed by atoms with van der Waals surface area (Å²) in [5, 5.41) is 7.29. The number of hydrazone groups is 1. The summed E-state index contributed by atoms with van der Waals surface area (Å²) in [6.45, 7) is -1.43. The Bertz CT molecular complexity index is 981. The number of imide groups is 1. The molecule has 3 amide bonds. The minimum absolute atomic E-state index is 0.0551. The van der Waals surface area contributed by atoms with Crippen LogP contribution < -0.4 is 19.5 Å². The van der Waals surface area contributed by atoms with Crippen molar-refractivity contribution in [2.45, 2.75) is 19.1 Å². The van der Waals surface area contributed by atoms with E-state index in [1.807, 2.05) is 0 Å². The van der Waals surface area contributed by atoms with Crippen LogP contribution in [0.15, 0.2) is 47.6 Å². The maximum atomic E-state index is 12.9. The van der Waals surface area contributed by atoms with Crippen LogP contribution in [0.5, 0.6) is 17.2 Å². The van der Waals surface area contributed by atoms with Crippen molar-refractivity contribution in [3.05, 3.63) is 53.6 Å². The molecule has 1 fully saturated rings. The number of carbonyl (C=O) groups excluding carboxylic acids is 2. The molecule has 2 aromatic rings. The Kier molecular flexibility index (Phi) is 5.86. The van der Waals surface area contributed by atoms with E-state index in [0.717, 1.165) is 0 Å². The molecular formula is C20H19F2N3O5. The van der Waals surface area contributed by atoms with Crippen molar-refractivity contribution in [3.63, 3.8) is 0 Å². The smallest absolute Gasteiger partial charge is 0.387 e. The zero-order valence-corrected chi connectivity index (χ0v) is 16.4. The van der Waals surface area contributed by atoms with E-state index in [-0.39, 0.29) is 11.5 Å². The summed E-state index contributed by atoms with van der Waals surface area (Å²) in [6, 6.07) is 10.1. The number of hydrogen-bond donors (Lipinski definition) is 1. The first-order valence-electron chi connectivity index (χ1n) is 8.76. The summed E-state index contributed by atoms with van der Waals surface area (Å²) in [6.07, 6.45) is 1.24. The summed E-state index contributed by atoms with van der Waals surface area (Å²) >= 11 is 0. The molecule has 0 spiro atoms. The molecule has 0 bridgehead atoms. The third-order valence-electron chi connectivity index (χ3n) is 4.56. The summed E-state index contributed by atoms with van der Waals surface area (Å²) in [4.78, 5) is 25.2. The van der Waals surface area contributed by atoms with E-state index in [9.17, 15) is 18.4 Å². The second-order valence-corrected chi connectivity index (χ2v) is 6.43. The topological polar surface area (TPSA) is 89.5 Å². The molecule has 1 N–H and O–H groups in total. The van der Waals surface area contributed by atoms with Gasteiger partial charge in [0.2, 0.25) is 0 Å². The highest BCUT2D eigenvalue weighted by atomic mass is 19.3. The Labute approximate surface area is 171 Å². The van der Waals surface area contributed by atoms with Crippen molar-refractivity contribution in [1.82, 2.24) is 10.3 Å². The SMILES string of the molecule is COc1ccc(C2(C)NC(=O)N(/N=C/c3ccc(OC(F)F)c(OC)c3)C2=O)cc1. The van der Waals surface area contributed by atoms with E-state index in [1.165, 1.54) is 38.6 Å². The van der Waals surface area contributed by atoms with E-state index in [4.69, 9.17) is 9.47 Å². The number of methoxy groups -OCH3 is 2. The summed E-state index contributed by atoms with van der Waals surface area (Å²) in [5.74, 6) is -0.0491. The monoisotopic (exact) mass is 419 g/mol. The molecule has 158 valence electrons. The molecule has 30 heavy (non-hydrogen) atoms. The number of nitrogens with zero attached hydrogens (tertiary/aromatic N) is 2. The lowest BCUT2D eigenvalue weighted by molar-refractivity contribution is -0.131. The molecule has 1 heterocycles. The Morgan fingerprint density at radius 3 is 2.37 bits per heavy atom. The number of halogens is 2. The zero-order chi connectivity index (χ0) is 21.9. The van der Waals surface area contributed by atoms with Gasteiger partial charge in [0, 0.05) is 0 Å². The minimum Gasteiger partial charge on any atom is -0.497 e. The van der Waals surface area contributed by atoms with Gasteiger partial charge in [-0.3, -0.25) is 4.79 Å². The number of alkyl halides is 2. The highest BCUT2D eigenvalue weighted by Crippen LogP contribution is 2.31. The average Bonchev–Trinajstić information content (AvgIpc) is 2.96. The largest absolute Gasteiger partial charge is 0.497 e. The number of amides is 3. The highest BCUT2D eigenvalue weighted by Gasteiger charge is 2.49. The number of carbonyl (C=O) groups is 2. The molecule has 3 rings (SSSR count). The third kappa shape index (κ3) is 4.02. The molecule has 2 aromatic carbocycles. The first kappa shape index (κ1) is 21.0. The fourth-order valence-electron chi connectivity index (χ4n) is 2.93. The third-order valence-corrected chi connectivity index (χ3v) is 4.56. The highest BCUT2D eigenvalue weighted by molar-refractivity contribution is 6.07. The Morgan fingerprint density at radius 2 is 1.77 bits per heavy atom. The van der Waals surface area contributed by atoms with E-state index in [2.05, 4.69) is 15.2 Å². The van der Waals surface area contributed by atoms with Gasteiger partial charge in [-0.1, -0.05) is 12.1 Å². The summed E-state index contributed by atoms with van der Waals surface area (Å²) in [7, 11) is 2.82. The Balaban J connectivity index is 1.82. The van der Waals surface area contributed by atoms with E-state index in [0.29, 0.717) is 21.9 Å². The van der Waals surface area contributed by atoms with Crippen molar-refractivity contribution in [1.29, 1.82) is 0 Å². The fourth-order valence-corrected chi connectivity index (χ4v) is 2.93. The fraction of sp³-hybridized carbons (Fsp3) is 0.250. The van der Waals surface area contributed by atoms with E-state index < -0.39 is 24.1 Å². The molecule has 8 nitrogen and oxygen atoms in total. The summed E-state index contributed by atoms with van der Waals surface area (Å²) < 4.78 is 39.3. The predicted molar refractivity (Wildman–Crippen MR) is 103 cm³/mol. The molecule has 1 aliphatic rings. The molecule has 0 aromatic heterocycles. The van der Waals surface area contributed by atoms with Crippen LogP contribution in [0, 0.1) is 0 Å². The molecule has 0 radical (unpaired) electrons. The molecule has 0 saturated carbocycles. The summed E-state index contributed by atoms with van der Waals surface area (Å²) in [5.41, 5.74) is -0.325. The Morgan fingerprint density at radius 1 is 1.07 bits per heavy atom. The van der Waals surface area contributed by atoms with Gasteiger partial charge in [-0.2, -0.15) is 13.9 Å². The number of ether oxygens (including phenoxy) is 3. The molecule has 1 unspecified atom stereocenters. The average molecular weight is 419 g/mol. The number of benzene rings is 2. The minimum atomic E-state index is -3.00. The second kappa shape index (κ2) is 8.36. The quantitative estimate of drug-likeness (QED) is 0.550. The van der Waals surface area contributed by atoms with Gasteiger partial charge in [0.05, 0.1) is 20.4 Å². The zero-order valence-electron chi connectivity index (χ0n) is 16.4. The van der Waals surface area contributed by atoms with Gasteiger partial charge in [-0.25, -0.2) is 4.79 Å². The van der Waals surface area contributed by atoms with Gasteiger partial charge < -0.3 is 19.5 Å². The van der Waals surface area contributed by atoms with Crippen LogP contribution in [0.2, 0.25) is 0 Å². The van der Waals surface area contributed by atoms with Crippen LogP contribution in [0.3, 0.4) is 0 Å². The first-order valence-corrected chi connectivity index (χ1v) is 8.76. The van der Waals surface area contributed by atoms with Crippen molar-refractivity contribution >= 4 is 18.2 Å². The van der Waals surface area contributed by atoms with Gasteiger partial charge >= 0.3 is 12.6 Å². The lowest BCUT2D eigenvalue weighted by Gasteiger charge is -2.21. The van der Waals surface area contributed by atoms with Gasteiger partial charge in [0.25, 0.3) is 5.91 Å². The van der Waals surface area contributed by atoms with Crippen LogP contribution in [-0.2, 0) is 10.3 Å². The Hall–Kier alpha value is -3.69.